The van der Waals surface area contributed by atoms with Gasteiger partial charge < -0.3 is 20.9 Å². The molecule has 0 aliphatic carbocycles. The van der Waals surface area contributed by atoms with E-state index in [0.29, 0.717) is 11.5 Å². The summed E-state index contributed by atoms with van der Waals surface area (Å²) in [7, 11) is -3.98. The lowest BCUT2D eigenvalue weighted by atomic mass is 10.0. The van der Waals surface area contributed by atoms with Crippen LogP contribution in [0.15, 0.2) is 83.9 Å². The Labute approximate surface area is 240 Å². The molecule has 2 heterocycles. The van der Waals surface area contributed by atoms with E-state index >= 15 is 0 Å². The first kappa shape index (κ1) is 30.0. The zero-order chi connectivity index (χ0) is 29.6. The van der Waals surface area contributed by atoms with Crippen LogP contribution in [0.5, 0.6) is 0 Å². The van der Waals surface area contributed by atoms with Crippen LogP contribution in [0.1, 0.15) is 19.4 Å². The fourth-order valence-corrected chi connectivity index (χ4v) is 6.15. The molecule has 1 aromatic heterocycles. The summed E-state index contributed by atoms with van der Waals surface area (Å²) in [6, 6.07) is 19.3. The molecule has 1 fully saturated rings. The zero-order valence-corrected chi connectivity index (χ0v) is 23.8. The lowest BCUT2D eigenvalue weighted by Crippen LogP contribution is -2.53. The van der Waals surface area contributed by atoms with E-state index < -0.39 is 40.3 Å². The molecular weight excluding hydrogens is 546 g/mol. The van der Waals surface area contributed by atoms with E-state index in [2.05, 4.69) is 10.3 Å². The molecule has 0 saturated carbocycles. The van der Waals surface area contributed by atoms with Gasteiger partial charge in [-0.1, -0.05) is 50.2 Å². The van der Waals surface area contributed by atoms with Gasteiger partial charge in [-0.25, -0.2) is 18.2 Å². The van der Waals surface area contributed by atoms with Crippen molar-refractivity contribution in [3.05, 3.63) is 84.6 Å². The van der Waals surface area contributed by atoms with Crippen LogP contribution in [0.2, 0.25) is 0 Å². The summed E-state index contributed by atoms with van der Waals surface area (Å²) in [4.78, 5) is 31.2. The number of nitrogen functional groups attached to an aromatic ring is 1. The predicted octanol–water partition coefficient (Wildman–Crippen LogP) is 2.42. The minimum atomic E-state index is -3.98. The average Bonchev–Trinajstić information content (AvgIpc) is 3.35. The van der Waals surface area contributed by atoms with Crippen molar-refractivity contribution in [1.82, 2.24) is 14.6 Å². The Hall–Kier alpha value is -4.00. The van der Waals surface area contributed by atoms with Crippen LogP contribution in [0.25, 0.3) is 0 Å². The molecule has 1 aliphatic rings. The van der Waals surface area contributed by atoms with Crippen molar-refractivity contribution in [2.75, 3.05) is 30.3 Å². The molecule has 0 unspecified atom stereocenters. The monoisotopic (exact) mass is 581 g/mol. The maximum Gasteiger partial charge on any atom is 0.416 e. The quantitative estimate of drug-likeness (QED) is 0.276. The highest BCUT2D eigenvalue weighted by Gasteiger charge is 2.39. The van der Waals surface area contributed by atoms with Crippen molar-refractivity contribution in [3.63, 3.8) is 0 Å². The third-order valence-electron chi connectivity index (χ3n) is 6.60. The van der Waals surface area contributed by atoms with Gasteiger partial charge in [0.2, 0.25) is 10.0 Å². The smallest absolute Gasteiger partial charge is 0.416 e. The molecular formula is C29H35N5O6S. The number of cyclic esters (lactones) is 1. The van der Waals surface area contributed by atoms with Crippen molar-refractivity contribution < 1.29 is 27.9 Å². The highest BCUT2D eigenvalue weighted by atomic mass is 32.2. The number of sulfonamides is 1. The van der Waals surface area contributed by atoms with Gasteiger partial charge in [-0.3, -0.25) is 9.69 Å². The van der Waals surface area contributed by atoms with Crippen LogP contribution in [0.4, 0.5) is 16.3 Å². The number of aliphatic hydroxyl groups is 1. The summed E-state index contributed by atoms with van der Waals surface area (Å²) >= 11 is 0. The standard InChI is InChI=1S/C29H35N5O6S/c1-20(2)17-33(41(38,39)23-13-11-22(30)12-14-23)18-25(35)24(16-21-8-4-3-5-9-21)32-28(36)26-19-34(29(37)40-26)27-10-6-7-15-31-27/h3-15,20,24-26,35H,16-19,30H2,1-2H3,(H,32,36)/t24-,25+,26-/m0/s1. The van der Waals surface area contributed by atoms with Crippen LogP contribution >= 0.6 is 0 Å². The molecule has 12 heteroatoms. The van der Waals surface area contributed by atoms with E-state index in [-0.39, 0.29) is 36.9 Å². The Morgan fingerprint density at radius 1 is 1.10 bits per heavy atom. The number of carbonyl (C=O) groups is 2. The number of nitrogens with two attached hydrogens (primary N) is 1. The summed E-state index contributed by atoms with van der Waals surface area (Å²) in [6.45, 7) is 3.58. The van der Waals surface area contributed by atoms with Gasteiger partial charge in [0.1, 0.15) is 5.82 Å². The lowest BCUT2D eigenvalue weighted by Gasteiger charge is -2.31. The van der Waals surface area contributed by atoms with E-state index in [4.69, 9.17) is 10.5 Å². The Morgan fingerprint density at radius 3 is 2.41 bits per heavy atom. The number of carbonyl (C=O) groups excluding carboxylic acids is 2. The SMILES string of the molecule is CC(C)CN(C[C@@H](O)[C@H](Cc1ccccc1)NC(=O)[C@@H]1CN(c2ccccn2)C(=O)O1)S(=O)(=O)c1ccc(N)cc1. The first-order chi connectivity index (χ1) is 19.5. The van der Waals surface area contributed by atoms with E-state index in [9.17, 15) is 23.1 Å². The maximum atomic E-state index is 13.6. The normalized spacial score (nSPS) is 17.0. The Kier molecular flexibility index (Phi) is 9.58. The highest BCUT2D eigenvalue weighted by Crippen LogP contribution is 2.22. The largest absolute Gasteiger partial charge is 0.434 e. The average molecular weight is 582 g/mol. The molecule has 1 aliphatic heterocycles. The highest BCUT2D eigenvalue weighted by molar-refractivity contribution is 7.89. The number of aliphatic hydroxyl groups excluding tert-OH is 1. The summed E-state index contributed by atoms with van der Waals surface area (Å²) in [5.74, 6) is -0.289. The van der Waals surface area contributed by atoms with Gasteiger partial charge >= 0.3 is 6.09 Å². The molecule has 4 rings (SSSR count). The fourth-order valence-electron chi connectivity index (χ4n) is 4.53. The van der Waals surface area contributed by atoms with Crippen LogP contribution in [-0.2, 0) is 26.0 Å². The van der Waals surface area contributed by atoms with E-state index in [1.54, 1.807) is 18.2 Å². The van der Waals surface area contributed by atoms with Crippen LogP contribution in [0, 0.1) is 5.92 Å². The fraction of sp³-hybridized carbons (Fsp3) is 0.345. The minimum absolute atomic E-state index is 0.0385. The van der Waals surface area contributed by atoms with Crippen molar-refractivity contribution in [3.8, 4) is 0 Å². The van der Waals surface area contributed by atoms with E-state index in [0.717, 1.165) is 5.56 Å². The second kappa shape index (κ2) is 13.1. The number of amides is 2. The van der Waals surface area contributed by atoms with Gasteiger partial charge in [0.05, 0.1) is 23.6 Å². The number of benzene rings is 2. The summed E-state index contributed by atoms with van der Waals surface area (Å²) < 4.78 is 33.6. The molecule has 41 heavy (non-hydrogen) atoms. The van der Waals surface area contributed by atoms with Crippen molar-refractivity contribution in [1.29, 1.82) is 0 Å². The molecule has 0 radical (unpaired) electrons. The molecule has 0 spiro atoms. The number of rotatable bonds is 12. The number of nitrogens with one attached hydrogen (secondary N) is 1. The van der Waals surface area contributed by atoms with Gasteiger partial charge in [-0.15, -0.1) is 0 Å². The number of hydrogen-bond acceptors (Lipinski definition) is 8. The summed E-state index contributed by atoms with van der Waals surface area (Å²) in [5, 5.41) is 14.2. The van der Waals surface area contributed by atoms with Crippen molar-refractivity contribution >= 4 is 33.5 Å². The molecule has 3 aromatic rings. The molecule has 2 amide bonds. The van der Waals surface area contributed by atoms with Crippen LogP contribution in [0.3, 0.4) is 0 Å². The first-order valence-electron chi connectivity index (χ1n) is 13.3. The predicted molar refractivity (Wildman–Crippen MR) is 154 cm³/mol. The molecule has 1 saturated heterocycles. The third kappa shape index (κ3) is 7.60. The number of anilines is 2. The Balaban J connectivity index is 1.54. The second-order valence-corrected chi connectivity index (χ2v) is 12.3. The molecule has 11 nitrogen and oxygen atoms in total. The number of pyridine rings is 1. The van der Waals surface area contributed by atoms with Crippen molar-refractivity contribution in [2.24, 2.45) is 5.92 Å². The van der Waals surface area contributed by atoms with Gasteiger partial charge in [0.15, 0.2) is 6.10 Å². The van der Waals surface area contributed by atoms with Gasteiger partial charge in [-0.05, 0) is 54.3 Å². The maximum absolute atomic E-state index is 13.6. The Morgan fingerprint density at radius 2 is 1.78 bits per heavy atom. The van der Waals surface area contributed by atoms with Gasteiger partial charge in [0.25, 0.3) is 5.91 Å². The molecule has 4 N–H and O–H groups in total. The molecule has 3 atom stereocenters. The first-order valence-corrected chi connectivity index (χ1v) is 14.8. The van der Waals surface area contributed by atoms with E-state index in [1.165, 1.54) is 39.7 Å². The number of hydrogen-bond donors (Lipinski definition) is 3. The third-order valence-corrected chi connectivity index (χ3v) is 8.44. The summed E-state index contributed by atoms with van der Waals surface area (Å²) in [5.41, 5.74) is 7.00. The number of ether oxygens (including phenoxy) is 1. The topological polar surface area (TPSA) is 155 Å². The summed E-state index contributed by atoms with van der Waals surface area (Å²) in [6.07, 6.45) is -1.38. The Bertz CT molecular complexity index is 1420. The van der Waals surface area contributed by atoms with Crippen LogP contribution in [-0.4, -0.2) is 72.7 Å². The molecule has 0 bridgehead atoms. The minimum Gasteiger partial charge on any atom is -0.434 e. The van der Waals surface area contributed by atoms with Crippen LogP contribution < -0.4 is 16.0 Å². The lowest BCUT2D eigenvalue weighted by molar-refractivity contribution is -0.129. The van der Waals surface area contributed by atoms with E-state index in [1.807, 2.05) is 44.2 Å². The molecule has 2 aromatic carbocycles. The van der Waals surface area contributed by atoms with Gasteiger partial charge in [0, 0.05) is 25.0 Å². The number of aromatic nitrogens is 1. The zero-order valence-electron chi connectivity index (χ0n) is 23.0. The van der Waals surface area contributed by atoms with Gasteiger partial charge in [-0.2, -0.15) is 4.31 Å². The number of nitrogens with zero attached hydrogens (tertiary/aromatic N) is 3. The second-order valence-electron chi connectivity index (χ2n) is 10.3. The van der Waals surface area contributed by atoms with Crippen molar-refractivity contribution in [2.45, 2.75) is 43.4 Å². The molecule has 218 valence electrons.